The standard InChI is InChI=1S/C23H39N5O9/c1-11(2)5-15(22(35)36)27-20(33)14(6-13-7-24-10-25-13)26-21(34)17(12(3)4)28-23(9-30)19(32)18(31)16(8-29)37-23/h7,10-12,14-19,28-32H,5-6,8-9H2,1-4H3,(H,24,25)(H,26,34)(H,27,33)(H,35,36)/t14-,15-,16+,17-,18+,19-,23?/m0/s1. The first kappa shape index (κ1) is 30.6. The SMILES string of the molecule is CC(C)C[C@H](NC(=O)[C@H](Cc1cnc[nH]1)NC(=O)[C@@H](NC1(CO)O[C@H](CO)[C@@H](O)[C@@H]1O)C(C)C)C(=O)O. The molecule has 37 heavy (non-hydrogen) atoms. The van der Waals surface area contributed by atoms with Crippen LogP contribution in [0, 0.1) is 11.8 Å². The fourth-order valence-corrected chi connectivity index (χ4v) is 4.18. The summed E-state index contributed by atoms with van der Waals surface area (Å²) in [5, 5.41) is 57.5. The third-order valence-corrected chi connectivity index (χ3v) is 6.24. The smallest absolute Gasteiger partial charge is 0.326 e. The molecule has 0 spiro atoms. The normalized spacial score (nSPS) is 26.2. The van der Waals surface area contributed by atoms with Gasteiger partial charge in [0.15, 0.2) is 5.72 Å². The molecule has 1 aliphatic rings. The van der Waals surface area contributed by atoms with Crippen molar-refractivity contribution in [3.05, 3.63) is 18.2 Å². The molecule has 14 nitrogen and oxygen atoms in total. The van der Waals surface area contributed by atoms with Crippen LogP contribution in [0.5, 0.6) is 0 Å². The molecule has 14 heteroatoms. The van der Waals surface area contributed by atoms with Crippen molar-refractivity contribution >= 4 is 17.8 Å². The molecule has 0 aromatic carbocycles. The van der Waals surface area contributed by atoms with Gasteiger partial charge in [-0.25, -0.2) is 9.78 Å². The van der Waals surface area contributed by atoms with Crippen LogP contribution >= 0.6 is 0 Å². The number of aromatic nitrogens is 2. The van der Waals surface area contributed by atoms with Crippen molar-refractivity contribution < 1.29 is 44.7 Å². The third kappa shape index (κ3) is 7.69. The number of nitrogens with one attached hydrogen (secondary N) is 4. The van der Waals surface area contributed by atoms with Gasteiger partial charge < -0.3 is 45.9 Å². The summed E-state index contributed by atoms with van der Waals surface area (Å²) in [5.74, 6) is -3.08. The molecule has 2 heterocycles. The number of rotatable bonds is 14. The first-order valence-electron chi connectivity index (χ1n) is 12.2. The molecule has 210 valence electrons. The fraction of sp³-hybridized carbons (Fsp3) is 0.739. The number of carboxylic acid groups (broad SMARTS) is 1. The van der Waals surface area contributed by atoms with Gasteiger partial charge in [-0.2, -0.15) is 0 Å². The van der Waals surface area contributed by atoms with E-state index in [0.717, 1.165) is 0 Å². The number of aliphatic hydroxyl groups excluding tert-OH is 4. The van der Waals surface area contributed by atoms with Gasteiger partial charge in [-0.1, -0.05) is 27.7 Å². The summed E-state index contributed by atoms with van der Waals surface area (Å²) in [6, 6.07) is -3.49. The maximum atomic E-state index is 13.4. The quantitative estimate of drug-likeness (QED) is 0.122. The van der Waals surface area contributed by atoms with E-state index in [1.807, 2.05) is 13.8 Å². The Balaban J connectivity index is 2.26. The molecule has 7 atom stereocenters. The molecular weight excluding hydrogens is 490 g/mol. The average molecular weight is 530 g/mol. The summed E-state index contributed by atoms with van der Waals surface area (Å²) < 4.78 is 5.51. The number of carbonyl (C=O) groups is 3. The van der Waals surface area contributed by atoms with Crippen molar-refractivity contribution in [2.45, 2.75) is 82.7 Å². The molecule has 2 rings (SSSR count). The van der Waals surface area contributed by atoms with Crippen molar-refractivity contribution in [1.82, 2.24) is 25.9 Å². The summed E-state index contributed by atoms with van der Waals surface area (Å²) in [5.41, 5.74) is -1.44. The maximum absolute atomic E-state index is 13.4. The van der Waals surface area contributed by atoms with Crippen LogP contribution < -0.4 is 16.0 Å². The fourth-order valence-electron chi connectivity index (χ4n) is 4.18. The number of aromatic amines is 1. The molecule has 1 unspecified atom stereocenters. The van der Waals surface area contributed by atoms with Crippen molar-refractivity contribution in [3.8, 4) is 0 Å². The van der Waals surface area contributed by atoms with Crippen molar-refractivity contribution in [2.75, 3.05) is 13.2 Å². The van der Waals surface area contributed by atoms with E-state index in [1.165, 1.54) is 12.5 Å². The predicted molar refractivity (Wildman–Crippen MR) is 129 cm³/mol. The number of aliphatic carboxylic acids is 1. The Hall–Kier alpha value is -2.62. The molecule has 1 aromatic heterocycles. The molecule has 1 aliphatic heterocycles. The summed E-state index contributed by atoms with van der Waals surface area (Å²) in [4.78, 5) is 44.9. The number of imidazole rings is 1. The van der Waals surface area contributed by atoms with E-state index in [9.17, 15) is 39.9 Å². The zero-order valence-corrected chi connectivity index (χ0v) is 21.4. The summed E-state index contributed by atoms with van der Waals surface area (Å²) in [6.07, 6.45) is -1.35. The van der Waals surface area contributed by atoms with Gasteiger partial charge in [0.05, 0.1) is 25.6 Å². The second kappa shape index (κ2) is 13.3. The molecule has 9 N–H and O–H groups in total. The van der Waals surface area contributed by atoms with E-state index in [0.29, 0.717) is 5.69 Å². The number of hydrogen-bond acceptors (Lipinski definition) is 10. The molecule has 1 saturated heterocycles. The summed E-state index contributed by atoms with van der Waals surface area (Å²) in [7, 11) is 0. The van der Waals surface area contributed by atoms with Gasteiger partial charge in [-0.15, -0.1) is 0 Å². The van der Waals surface area contributed by atoms with E-state index in [-0.39, 0.29) is 18.8 Å². The lowest BCUT2D eigenvalue weighted by Crippen LogP contribution is -2.65. The first-order chi connectivity index (χ1) is 17.3. The molecule has 1 aromatic rings. The van der Waals surface area contributed by atoms with Crippen LogP contribution in [-0.2, 0) is 25.5 Å². The molecule has 0 bridgehead atoms. The predicted octanol–water partition coefficient (Wildman–Crippen LogP) is -2.53. The van der Waals surface area contributed by atoms with Crippen LogP contribution in [0.3, 0.4) is 0 Å². The summed E-state index contributed by atoms with van der Waals surface area (Å²) >= 11 is 0. The van der Waals surface area contributed by atoms with E-state index < -0.39 is 79.1 Å². The van der Waals surface area contributed by atoms with Gasteiger partial charge in [0.25, 0.3) is 0 Å². The maximum Gasteiger partial charge on any atom is 0.326 e. The highest BCUT2D eigenvalue weighted by Crippen LogP contribution is 2.30. The number of nitrogens with zero attached hydrogens (tertiary/aromatic N) is 1. The molecule has 0 radical (unpaired) electrons. The zero-order valence-electron chi connectivity index (χ0n) is 21.4. The third-order valence-electron chi connectivity index (χ3n) is 6.24. The van der Waals surface area contributed by atoms with Crippen LogP contribution in [-0.4, -0.2) is 109 Å². The molecule has 0 aliphatic carbocycles. The van der Waals surface area contributed by atoms with Gasteiger partial charge in [0.1, 0.15) is 30.4 Å². The zero-order chi connectivity index (χ0) is 27.9. The summed E-state index contributed by atoms with van der Waals surface area (Å²) in [6.45, 7) is 5.53. The van der Waals surface area contributed by atoms with Gasteiger partial charge in [-0.3, -0.25) is 14.9 Å². The van der Waals surface area contributed by atoms with E-state index in [4.69, 9.17) is 4.74 Å². The number of ether oxygens (including phenoxy) is 1. The van der Waals surface area contributed by atoms with Gasteiger partial charge in [-0.05, 0) is 18.3 Å². The van der Waals surface area contributed by atoms with Crippen molar-refractivity contribution in [2.24, 2.45) is 11.8 Å². The second-order valence-electron chi connectivity index (χ2n) is 10.1. The van der Waals surface area contributed by atoms with Crippen LogP contribution in [0.1, 0.15) is 39.8 Å². The van der Waals surface area contributed by atoms with Gasteiger partial charge in [0, 0.05) is 18.3 Å². The Morgan fingerprint density at radius 2 is 1.76 bits per heavy atom. The second-order valence-corrected chi connectivity index (χ2v) is 10.1. The Labute approximate surface area is 214 Å². The minimum Gasteiger partial charge on any atom is -0.480 e. The number of carbonyl (C=O) groups excluding carboxylic acids is 2. The lowest BCUT2D eigenvalue weighted by atomic mass is 9.97. The Kier molecular flexibility index (Phi) is 11.0. The largest absolute Gasteiger partial charge is 0.480 e. The van der Waals surface area contributed by atoms with E-state index in [2.05, 4.69) is 25.9 Å². The van der Waals surface area contributed by atoms with Crippen LogP contribution in [0.2, 0.25) is 0 Å². The minimum atomic E-state index is -1.95. The number of aliphatic hydroxyl groups is 4. The topological polar surface area (TPSA) is 226 Å². The van der Waals surface area contributed by atoms with Gasteiger partial charge >= 0.3 is 5.97 Å². The van der Waals surface area contributed by atoms with Crippen LogP contribution in [0.4, 0.5) is 0 Å². The monoisotopic (exact) mass is 529 g/mol. The Bertz CT molecular complexity index is 897. The van der Waals surface area contributed by atoms with Crippen LogP contribution in [0.15, 0.2) is 12.5 Å². The molecule has 1 fully saturated rings. The molecular formula is C23H39N5O9. The first-order valence-corrected chi connectivity index (χ1v) is 12.2. The number of amides is 2. The Morgan fingerprint density at radius 3 is 2.22 bits per heavy atom. The Morgan fingerprint density at radius 1 is 1.11 bits per heavy atom. The average Bonchev–Trinajstić information content (AvgIpc) is 3.43. The molecule has 0 saturated carbocycles. The lowest BCUT2D eigenvalue weighted by Gasteiger charge is -2.36. The van der Waals surface area contributed by atoms with Crippen molar-refractivity contribution in [3.63, 3.8) is 0 Å². The number of hydrogen-bond donors (Lipinski definition) is 9. The lowest BCUT2D eigenvalue weighted by molar-refractivity contribution is -0.153. The minimum absolute atomic E-state index is 0.0119. The highest BCUT2D eigenvalue weighted by atomic mass is 16.6. The van der Waals surface area contributed by atoms with E-state index in [1.54, 1.807) is 13.8 Å². The van der Waals surface area contributed by atoms with Crippen molar-refractivity contribution in [1.29, 1.82) is 0 Å². The number of carboxylic acids is 1. The highest BCUT2D eigenvalue weighted by molar-refractivity contribution is 5.92. The number of H-pyrrole nitrogens is 1. The van der Waals surface area contributed by atoms with E-state index >= 15 is 0 Å². The van der Waals surface area contributed by atoms with Crippen LogP contribution in [0.25, 0.3) is 0 Å². The van der Waals surface area contributed by atoms with Gasteiger partial charge in [0.2, 0.25) is 11.8 Å². The molecule has 2 amide bonds. The highest BCUT2D eigenvalue weighted by Gasteiger charge is 2.55.